The molecule has 0 heterocycles. The highest BCUT2D eigenvalue weighted by Crippen LogP contribution is 2.57. The summed E-state index contributed by atoms with van der Waals surface area (Å²) >= 11 is 0. The molecule has 0 aromatic heterocycles. The zero-order valence-electron chi connectivity index (χ0n) is 8.58. The molecule has 2 fully saturated rings. The molecule has 2 aliphatic rings. The van der Waals surface area contributed by atoms with E-state index in [2.05, 4.69) is 6.92 Å². The van der Waals surface area contributed by atoms with Gasteiger partial charge >= 0.3 is 0 Å². The Bertz CT molecular complexity index is 240. The maximum absolute atomic E-state index is 11.3. The normalized spacial score (nSPS) is 54.2. The van der Waals surface area contributed by atoms with E-state index < -0.39 is 5.60 Å². The second-order valence-corrected chi connectivity index (χ2v) is 5.06. The summed E-state index contributed by atoms with van der Waals surface area (Å²) in [5.74, 6) is 1.65. The SMILES string of the molecule is CC(=O)C1CC2CC1C(C)C2(C)O. The molecule has 74 valence electrons. The summed E-state index contributed by atoms with van der Waals surface area (Å²) in [4.78, 5) is 11.3. The number of ketones is 1. The van der Waals surface area contributed by atoms with Crippen LogP contribution in [0.15, 0.2) is 0 Å². The number of Topliss-reactive ketones (excluding diaryl/α,β-unsaturated/α-hetero) is 1. The van der Waals surface area contributed by atoms with Gasteiger partial charge in [0.2, 0.25) is 0 Å². The van der Waals surface area contributed by atoms with Crippen LogP contribution < -0.4 is 0 Å². The van der Waals surface area contributed by atoms with E-state index >= 15 is 0 Å². The van der Waals surface area contributed by atoms with E-state index in [1.54, 1.807) is 6.92 Å². The Labute approximate surface area is 79.3 Å². The summed E-state index contributed by atoms with van der Waals surface area (Å²) in [7, 11) is 0. The Morgan fingerprint density at radius 1 is 1.46 bits per heavy atom. The number of carbonyl (C=O) groups is 1. The van der Waals surface area contributed by atoms with E-state index in [0.717, 1.165) is 12.8 Å². The van der Waals surface area contributed by atoms with Gasteiger partial charge < -0.3 is 5.11 Å². The molecule has 0 aromatic carbocycles. The molecule has 1 N–H and O–H groups in total. The topological polar surface area (TPSA) is 37.3 Å². The van der Waals surface area contributed by atoms with Gasteiger partial charge in [-0.25, -0.2) is 0 Å². The predicted octanol–water partition coefficient (Wildman–Crippen LogP) is 1.62. The van der Waals surface area contributed by atoms with Gasteiger partial charge in [0.1, 0.15) is 5.78 Å². The fourth-order valence-electron chi connectivity index (χ4n) is 3.37. The number of fused-ring (bicyclic) bond motifs is 2. The molecule has 5 atom stereocenters. The summed E-state index contributed by atoms with van der Waals surface area (Å²) in [6.45, 7) is 5.70. The lowest BCUT2D eigenvalue weighted by Gasteiger charge is -2.37. The number of aliphatic hydroxyl groups is 1. The van der Waals surface area contributed by atoms with Crippen LogP contribution in [0.3, 0.4) is 0 Å². The third kappa shape index (κ3) is 1.08. The summed E-state index contributed by atoms with van der Waals surface area (Å²) in [6.07, 6.45) is 1.97. The highest BCUT2D eigenvalue weighted by molar-refractivity contribution is 5.79. The zero-order valence-corrected chi connectivity index (χ0v) is 8.58. The molecule has 13 heavy (non-hydrogen) atoms. The average Bonchev–Trinajstić information content (AvgIpc) is 2.52. The molecule has 2 heteroatoms. The first-order valence-electron chi connectivity index (χ1n) is 5.17. The van der Waals surface area contributed by atoms with Crippen LogP contribution in [0.5, 0.6) is 0 Å². The van der Waals surface area contributed by atoms with Crippen molar-refractivity contribution in [2.75, 3.05) is 0 Å². The highest BCUT2D eigenvalue weighted by Gasteiger charge is 2.57. The summed E-state index contributed by atoms with van der Waals surface area (Å²) in [6, 6.07) is 0. The van der Waals surface area contributed by atoms with Crippen molar-refractivity contribution in [3.05, 3.63) is 0 Å². The lowest BCUT2D eigenvalue weighted by Crippen LogP contribution is -2.42. The molecular formula is C11H18O2. The molecule has 0 aromatic rings. The molecule has 0 amide bonds. The molecule has 2 aliphatic carbocycles. The van der Waals surface area contributed by atoms with Crippen LogP contribution >= 0.6 is 0 Å². The minimum Gasteiger partial charge on any atom is -0.390 e. The maximum atomic E-state index is 11.3. The van der Waals surface area contributed by atoms with Gasteiger partial charge in [-0.2, -0.15) is 0 Å². The summed E-state index contributed by atoms with van der Waals surface area (Å²) in [5, 5.41) is 10.1. The first-order chi connectivity index (χ1) is 5.94. The van der Waals surface area contributed by atoms with Crippen LogP contribution in [-0.4, -0.2) is 16.5 Å². The van der Waals surface area contributed by atoms with Crippen LogP contribution in [0, 0.1) is 23.7 Å². The van der Waals surface area contributed by atoms with E-state index in [1.807, 2.05) is 6.92 Å². The van der Waals surface area contributed by atoms with Gasteiger partial charge in [0.25, 0.3) is 0 Å². The van der Waals surface area contributed by atoms with Crippen LogP contribution in [0.2, 0.25) is 0 Å². The smallest absolute Gasteiger partial charge is 0.133 e. The molecule has 0 aliphatic heterocycles. The monoisotopic (exact) mass is 182 g/mol. The van der Waals surface area contributed by atoms with Crippen molar-refractivity contribution in [1.29, 1.82) is 0 Å². The van der Waals surface area contributed by atoms with Crippen LogP contribution in [0.4, 0.5) is 0 Å². The van der Waals surface area contributed by atoms with Crippen LogP contribution in [0.1, 0.15) is 33.6 Å². The van der Waals surface area contributed by atoms with Gasteiger partial charge in [0.05, 0.1) is 5.60 Å². The maximum Gasteiger partial charge on any atom is 0.133 e. The number of hydrogen-bond acceptors (Lipinski definition) is 2. The van der Waals surface area contributed by atoms with Gasteiger partial charge in [0, 0.05) is 5.92 Å². The molecule has 0 radical (unpaired) electrons. The molecule has 2 rings (SSSR count). The zero-order chi connectivity index (χ0) is 9.80. The van der Waals surface area contributed by atoms with E-state index in [-0.39, 0.29) is 5.92 Å². The third-order valence-electron chi connectivity index (χ3n) is 4.52. The molecular weight excluding hydrogens is 164 g/mol. The second kappa shape index (κ2) is 2.57. The Morgan fingerprint density at radius 2 is 2.08 bits per heavy atom. The molecule has 5 unspecified atom stereocenters. The fraction of sp³-hybridized carbons (Fsp3) is 0.909. The second-order valence-electron chi connectivity index (χ2n) is 5.06. The first kappa shape index (κ1) is 9.20. The predicted molar refractivity (Wildman–Crippen MR) is 50.2 cm³/mol. The first-order valence-corrected chi connectivity index (χ1v) is 5.17. The van der Waals surface area contributed by atoms with E-state index in [1.165, 1.54) is 0 Å². The van der Waals surface area contributed by atoms with Gasteiger partial charge in [-0.15, -0.1) is 0 Å². The van der Waals surface area contributed by atoms with Crippen molar-refractivity contribution >= 4 is 5.78 Å². The van der Waals surface area contributed by atoms with Crippen LogP contribution in [0.25, 0.3) is 0 Å². The van der Waals surface area contributed by atoms with Gasteiger partial charge in [-0.3, -0.25) is 4.79 Å². The van der Waals surface area contributed by atoms with Crippen molar-refractivity contribution < 1.29 is 9.90 Å². The molecule has 0 saturated heterocycles. The Morgan fingerprint density at radius 3 is 2.46 bits per heavy atom. The third-order valence-corrected chi connectivity index (χ3v) is 4.52. The molecule has 2 bridgehead atoms. The number of hydrogen-bond donors (Lipinski definition) is 1. The minimum atomic E-state index is -0.517. The lowest BCUT2D eigenvalue weighted by molar-refractivity contribution is -0.126. The molecule has 2 nitrogen and oxygen atoms in total. The average molecular weight is 182 g/mol. The standard InChI is InChI=1S/C11H18O2/c1-6-9-4-8(11(6,3)13)5-10(9)7(2)12/h6,8-10,13H,4-5H2,1-3H3. The number of rotatable bonds is 1. The van der Waals surface area contributed by atoms with E-state index in [0.29, 0.717) is 23.5 Å². The lowest BCUT2D eigenvalue weighted by atomic mass is 9.72. The summed E-state index contributed by atoms with van der Waals surface area (Å²) in [5.41, 5.74) is -0.517. The minimum absolute atomic E-state index is 0.236. The number of carbonyl (C=O) groups excluding carboxylic acids is 1. The summed E-state index contributed by atoms with van der Waals surface area (Å²) < 4.78 is 0. The van der Waals surface area contributed by atoms with Crippen molar-refractivity contribution in [3.8, 4) is 0 Å². The quantitative estimate of drug-likeness (QED) is 0.669. The van der Waals surface area contributed by atoms with Crippen molar-refractivity contribution in [2.45, 2.75) is 39.2 Å². The highest BCUT2D eigenvalue weighted by atomic mass is 16.3. The van der Waals surface area contributed by atoms with Gasteiger partial charge in [-0.05, 0) is 44.4 Å². The van der Waals surface area contributed by atoms with Crippen LogP contribution in [-0.2, 0) is 4.79 Å². The van der Waals surface area contributed by atoms with Gasteiger partial charge in [-0.1, -0.05) is 6.92 Å². The van der Waals surface area contributed by atoms with E-state index in [4.69, 9.17) is 0 Å². The molecule has 0 spiro atoms. The fourth-order valence-corrected chi connectivity index (χ4v) is 3.37. The van der Waals surface area contributed by atoms with Crippen molar-refractivity contribution in [2.24, 2.45) is 23.7 Å². The Balaban J connectivity index is 2.22. The van der Waals surface area contributed by atoms with E-state index in [9.17, 15) is 9.90 Å². The Hall–Kier alpha value is -0.370. The van der Waals surface area contributed by atoms with Gasteiger partial charge in [0.15, 0.2) is 0 Å². The van der Waals surface area contributed by atoms with Crippen molar-refractivity contribution in [1.82, 2.24) is 0 Å². The molecule has 2 saturated carbocycles. The Kier molecular flexibility index (Phi) is 1.82. The largest absolute Gasteiger partial charge is 0.390 e. The van der Waals surface area contributed by atoms with Crippen molar-refractivity contribution in [3.63, 3.8) is 0 Å².